The van der Waals surface area contributed by atoms with Crippen molar-refractivity contribution in [3.63, 3.8) is 0 Å². The van der Waals surface area contributed by atoms with Crippen LogP contribution in [0, 0.1) is 6.92 Å². The Morgan fingerprint density at radius 1 is 1.58 bits per heavy atom. The predicted octanol–water partition coefficient (Wildman–Crippen LogP) is 3.07. The van der Waals surface area contributed by atoms with Gasteiger partial charge < -0.3 is 0 Å². The third kappa shape index (κ3) is 1.94. The smallest absolute Gasteiger partial charge is 0.0472 e. The summed E-state index contributed by atoms with van der Waals surface area (Å²) in [6.07, 6.45) is 4.93. The fourth-order valence-corrected chi connectivity index (χ4v) is 1.20. The van der Waals surface area contributed by atoms with Crippen molar-refractivity contribution in [1.29, 1.82) is 0 Å². The molecule has 1 heterocycles. The van der Waals surface area contributed by atoms with Crippen LogP contribution in [-0.2, 0) is 0 Å². The average Bonchev–Trinajstić information content (AvgIpc) is 2.10. The molecule has 64 valence electrons. The molecule has 0 bridgehead atoms. The molecule has 0 radical (unpaired) electrons. The maximum atomic E-state index is 4.35. The van der Waals surface area contributed by atoms with Crippen LogP contribution in [0.2, 0.25) is 0 Å². The van der Waals surface area contributed by atoms with E-state index in [1.165, 1.54) is 5.56 Å². The Morgan fingerprint density at radius 3 is 2.75 bits per heavy atom. The van der Waals surface area contributed by atoms with E-state index in [1.54, 1.807) is 0 Å². The molecule has 0 aliphatic carbocycles. The second kappa shape index (κ2) is 4.05. The Hall–Kier alpha value is -1.11. The van der Waals surface area contributed by atoms with Gasteiger partial charge in [0.25, 0.3) is 0 Å². The van der Waals surface area contributed by atoms with Gasteiger partial charge in [-0.05, 0) is 25.0 Å². The van der Waals surface area contributed by atoms with E-state index in [-0.39, 0.29) is 0 Å². The van der Waals surface area contributed by atoms with Gasteiger partial charge in [0.1, 0.15) is 0 Å². The van der Waals surface area contributed by atoms with Gasteiger partial charge >= 0.3 is 0 Å². The molecule has 0 saturated heterocycles. The van der Waals surface area contributed by atoms with Crippen molar-refractivity contribution < 1.29 is 0 Å². The molecule has 0 saturated carbocycles. The number of nitrogens with zero attached hydrogens (tertiary/aromatic N) is 1. The zero-order valence-electron chi connectivity index (χ0n) is 7.75. The number of hydrogen-bond donors (Lipinski definition) is 0. The minimum atomic E-state index is 0.408. The molecule has 12 heavy (non-hydrogen) atoms. The lowest BCUT2D eigenvalue weighted by Gasteiger charge is -2.08. The normalized spacial score (nSPS) is 12.5. The van der Waals surface area contributed by atoms with E-state index >= 15 is 0 Å². The summed E-state index contributed by atoms with van der Waals surface area (Å²) in [5, 5.41) is 0. The lowest BCUT2D eigenvalue weighted by molar-refractivity contribution is 0.775. The summed E-state index contributed by atoms with van der Waals surface area (Å²) in [4.78, 5) is 4.35. The van der Waals surface area contributed by atoms with E-state index in [0.29, 0.717) is 5.92 Å². The lowest BCUT2D eigenvalue weighted by Crippen LogP contribution is -1.96. The molecule has 0 aromatic carbocycles. The summed E-state index contributed by atoms with van der Waals surface area (Å²) >= 11 is 0. The molecule has 1 nitrogen and oxygen atoms in total. The Bertz CT molecular complexity index is 248. The fourth-order valence-electron chi connectivity index (χ4n) is 1.20. The van der Waals surface area contributed by atoms with Gasteiger partial charge in [0.15, 0.2) is 0 Å². The number of pyridine rings is 1. The fraction of sp³-hybridized carbons (Fsp3) is 0.364. The first-order chi connectivity index (χ1) is 5.77. The molecule has 1 aromatic heterocycles. The second-order valence-corrected chi connectivity index (χ2v) is 3.01. The Morgan fingerprint density at radius 2 is 2.33 bits per heavy atom. The van der Waals surface area contributed by atoms with Gasteiger partial charge in [-0.25, -0.2) is 0 Å². The molecule has 0 aliphatic heterocycles. The van der Waals surface area contributed by atoms with Crippen molar-refractivity contribution >= 4 is 0 Å². The zero-order valence-corrected chi connectivity index (χ0v) is 7.75. The van der Waals surface area contributed by atoms with E-state index in [9.17, 15) is 0 Å². The monoisotopic (exact) mass is 161 g/mol. The van der Waals surface area contributed by atoms with Gasteiger partial charge in [0.05, 0.1) is 0 Å². The highest BCUT2D eigenvalue weighted by Gasteiger charge is 2.04. The topological polar surface area (TPSA) is 12.9 Å². The molecule has 1 unspecified atom stereocenters. The van der Waals surface area contributed by atoms with E-state index in [4.69, 9.17) is 0 Å². The average molecular weight is 161 g/mol. The molecule has 0 amide bonds. The number of rotatable bonds is 3. The Balaban J connectivity index is 2.87. The van der Waals surface area contributed by atoms with Gasteiger partial charge in [0.2, 0.25) is 0 Å². The first-order valence-corrected chi connectivity index (χ1v) is 4.33. The third-order valence-corrected chi connectivity index (χ3v) is 2.04. The van der Waals surface area contributed by atoms with Gasteiger partial charge in [0, 0.05) is 17.8 Å². The first kappa shape index (κ1) is 8.98. The molecule has 1 heteroatoms. The Kier molecular flexibility index (Phi) is 3.03. The van der Waals surface area contributed by atoms with Crippen molar-refractivity contribution in [3.8, 4) is 0 Å². The standard InChI is InChI=1S/C11H15N/c1-4-10(5-2)11-7-6-9(3)8-12-11/h4,6-8,10H,1,5H2,2-3H3. The molecular weight excluding hydrogens is 146 g/mol. The highest BCUT2D eigenvalue weighted by molar-refractivity contribution is 5.18. The van der Waals surface area contributed by atoms with Crippen LogP contribution in [0.3, 0.4) is 0 Å². The summed E-state index contributed by atoms with van der Waals surface area (Å²) in [5.74, 6) is 0.408. The van der Waals surface area contributed by atoms with Crippen LogP contribution in [0.15, 0.2) is 31.0 Å². The van der Waals surface area contributed by atoms with Crippen molar-refractivity contribution in [1.82, 2.24) is 4.98 Å². The highest BCUT2D eigenvalue weighted by Crippen LogP contribution is 2.17. The van der Waals surface area contributed by atoms with Crippen LogP contribution in [0.4, 0.5) is 0 Å². The summed E-state index contributed by atoms with van der Waals surface area (Å²) in [7, 11) is 0. The van der Waals surface area contributed by atoms with E-state index in [2.05, 4.69) is 30.6 Å². The van der Waals surface area contributed by atoms with Crippen LogP contribution in [0.25, 0.3) is 0 Å². The molecule has 1 rings (SSSR count). The van der Waals surface area contributed by atoms with Crippen molar-refractivity contribution in [3.05, 3.63) is 42.2 Å². The molecule has 1 aromatic rings. The van der Waals surface area contributed by atoms with Crippen molar-refractivity contribution in [2.45, 2.75) is 26.2 Å². The van der Waals surface area contributed by atoms with Crippen LogP contribution < -0.4 is 0 Å². The number of aryl methyl sites for hydroxylation is 1. The summed E-state index contributed by atoms with van der Waals surface area (Å²) in [6, 6.07) is 4.17. The van der Waals surface area contributed by atoms with Crippen LogP contribution in [-0.4, -0.2) is 4.98 Å². The number of hydrogen-bond acceptors (Lipinski definition) is 1. The molecule has 0 aliphatic rings. The third-order valence-electron chi connectivity index (χ3n) is 2.04. The lowest BCUT2D eigenvalue weighted by atomic mass is 10.0. The summed E-state index contributed by atoms with van der Waals surface area (Å²) in [6.45, 7) is 7.98. The van der Waals surface area contributed by atoms with E-state index < -0.39 is 0 Å². The van der Waals surface area contributed by atoms with Crippen LogP contribution >= 0.6 is 0 Å². The zero-order chi connectivity index (χ0) is 8.97. The quantitative estimate of drug-likeness (QED) is 0.621. The van der Waals surface area contributed by atoms with Crippen LogP contribution in [0.1, 0.15) is 30.5 Å². The van der Waals surface area contributed by atoms with Gasteiger partial charge in [-0.15, -0.1) is 6.58 Å². The van der Waals surface area contributed by atoms with Crippen molar-refractivity contribution in [2.24, 2.45) is 0 Å². The van der Waals surface area contributed by atoms with Gasteiger partial charge in [-0.1, -0.05) is 19.1 Å². The van der Waals surface area contributed by atoms with E-state index in [1.807, 2.05) is 19.2 Å². The molecule has 1 atom stereocenters. The van der Waals surface area contributed by atoms with E-state index in [0.717, 1.165) is 12.1 Å². The number of allylic oxidation sites excluding steroid dienone is 1. The number of aromatic nitrogens is 1. The maximum Gasteiger partial charge on any atom is 0.0472 e. The van der Waals surface area contributed by atoms with Gasteiger partial charge in [-0.3, -0.25) is 4.98 Å². The predicted molar refractivity (Wildman–Crippen MR) is 52.2 cm³/mol. The highest BCUT2D eigenvalue weighted by atomic mass is 14.7. The molecular formula is C11H15N. The molecule has 0 spiro atoms. The minimum Gasteiger partial charge on any atom is -0.260 e. The van der Waals surface area contributed by atoms with Crippen molar-refractivity contribution in [2.75, 3.05) is 0 Å². The first-order valence-electron chi connectivity index (χ1n) is 4.33. The van der Waals surface area contributed by atoms with Crippen LogP contribution in [0.5, 0.6) is 0 Å². The summed E-state index contributed by atoms with van der Waals surface area (Å²) < 4.78 is 0. The molecule has 0 fully saturated rings. The maximum absolute atomic E-state index is 4.35. The SMILES string of the molecule is C=CC(CC)c1ccc(C)cn1. The largest absolute Gasteiger partial charge is 0.260 e. The second-order valence-electron chi connectivity index (χ2n) is 3.01. The molecule has 0 N–H and O–H groups in total. The van der Waals surface area contributed by atoms with Gasteiger partial charge in [-0.2, -0.15) is 0 Å². The minimum absolute atomic E-state index is 0.408. The Labute approximate surface area is 74.2 Å². The summed E-state index contributed by atoms with van der Waals surface area (Å²) in [5.41, 5.74) is 2.33.